The predicted molar refractivity (Wildman–Crippen MR) is 66.0 cm³/mol. The molecule has 0 aromatic rings. The van der Waals surface area contributed by atoms with Crippen molar-refractivity contribution in [2.45, 2.75) is 59.5 Å². The van der Waals surface area contributed by atoms with E-state index in [0.29, 0.717) is 5.92 Å². The highest BCUT2D eigenvalue weighted by Crippen LogP contribution is 2.77. The maximum Gasteiger partial charge on any atom is 0.0615 e. The molecule has 0 aromatic carbocycles. The van der Waals surface area contributed by atoms with E-state index in [-0.39, 0.29) is 22.3 Å². The molecule has 0 bridgehead atoms. The van der Waals surface area contributed by atoms with Crippen LogP contribution in [0.15, 0.2) is 11.6 Å². The van der Waals surface area contributed by atoms with Crippen LogP contribution in [0.3, 0.4) is 0 Å². The summed E-state index contributed by atoms with van der Waals surface area (Å²) in [5, 5.41) is 10.6. The summed E-state index contributed by atoms with van der Waals surface area (Å²) in [6, 6.07) is 0. The molecule has 2 saturated carbocycles. The molecule has 3 rings (SSSR count). The van der Waals surface area contributed by atoms with Gasteiger partial charge in [0, 0.05) is 5.41 Å². The minimum Gasteiger partial charge on any atom is -0.392 e. The minimum absolute atomic E-state index is 0.0892. The number of hydrogen-bond donors (Lipinski definition) is 1. The highest BCUT2D eigenvalue weighted by Gasteiger charge is 2.72. The van der Waals surface area contributed by atoms with Crippen LogP contribution in [0.1, 0.15) is 53.4 Å². The fraction of sp³-hybridized carbons (Fsp3) is 0.867. The lowest BCUT2D eigenvalue weighted by molar-refractivity contribution is -0.0734. The first-order valence-corrected chi connectivity index (χ1v) is 6.76. The average Bonchev–Trinajstić information content (AvgIpc) is 2.69. The van der Waals surface area contributed by atoms with Crippen LogP contribution < -0.4 is 0 Å². The maximum absolute atomic E-state index is 10.6. The molecule has 1 heteroatoms. The minimum atomic E-state index is -0.0892. The standard InChI is InChI=1S/C15H24O/c1-10-5-8-14(4)11(2)9-13(3)7-6-12(16)15(10,13)14/h9-10,12,16H,5-8H2,1-4H3. The van der Waals surface area contributed by atoms with Gasteiger partial charge in [0.2, 0.25) is 0 Å². The SMILES string of the molecule is CC1=CC2(C)CCC(O)C23C(C)CCC13C. The van der Waals surface area contributed by atoms with Gasteiger partial charge < -0.3 is 5.11 Å². The molecule has 1 nitrogen and oxygen atoms in total. The Morgan fingerprint density at radius 3 is 2.62 bits per heavy atom. The molecule has 1 spiro atoms. The Morgan fingerprint density at radius 1 is 1.25 bits per heavy atom. The molecule has 3 aliphatic rings. The number of rotatable bonds is 0. The monoisotopic (exact) mass is 220 g/mol. The molecule has 1 N–H and O–H groups in total. The summed E-state index contributed by atoms with van der Waals surface area (Å²) >= 11 is 0. The van der Waals surface area contributed by atoms with E-state index in [1.54, 1.807) is 0 Å². The van der Waals surface area contributed by atoms with E-state index in [1.165, 1.54) is 24.8 Å². The summed E-state index contributed by atoms with van der Waals surface area (Å²) in [4.78, 5) is 0. The number of hydrogen-bond acceptors (Lipinski definition) is 1. The largest absolute Gasteiger partial charge is 0.392 e. The number of aliphatic hydroxyl groups is 1. The van der Waals surface area contributed by atoms with Gasteiger partial charge in [-0.25, -0.2) is 0 Å². The molecule has 0 radical (unpaired) electrons. The van der Waals surface area contributed by atoms with Crippen molar-refractivity contribution in [2.75, 3.05) is 0 Å². The Hall–Kier alpha value is -0.300. The molecule has 0 heterocycles. The predicted octanol–water partition coefficient (Wildman–Crippen LogP) is 3.53. The Kier molecular flexibility index (Phi) is 1.86. The highest BCUT2D eigenvalue weighted by molar-refractivity contribution is 5.38. The third-order valence-electron chi connectivity index (χ3n) is 6.58. The van der Waals surface area contributed by atoms with E-state index in [0.717, 1.165) is 6.42 Å². The second-order valence-electron chi connectivity index (χ2n) is 6.94. The molecule has 16 heavy (non-hydrogen) atoms. The van der Waals surface area contributed by atoms with Gasteiger partial charge in [-0.1, -0.05) is 32.4 Å². The van der Waals surface area contributed by atoms with Crippen LogP contribution in [0.25, 0.3) is 0 Å². The van der Waals surface area contributed by atoms with Crippen LogP contribution in [0.5, 0.6) is 0 Å². The molecular weight excluding hydrogens is 196 g/mol. The Bertz CT molecular complexity index is 366. The van der Waals surface area contributed by atoms with E-state index < -0.39 is 0 Å². The summed E-state index contributed by atoms with van der Waals surface area (Å²) in [7, 11) is 0. The lowest BCUT2D eigenvalue weighted by atomic mass is 9.54. The molecule has 5 unspecified atom stereocenters. The fourth-order valence-electron chi connectivity index (χ4n) is 5.98. The third-order valence-corrected chi connectivity index (χ3v) is 6.58. The summed E-state index contributed by atoms with van der Waals surface area (Å²) in [6.45, 7) is 9.45. The lowest BCUT2D eigenvalue weighted by Gasteiger charge is -2.50. The summed E-state index contributed by atoms with van der Waals surface area (Å²) < 4.78 is 0. The van der Waals surface area contributed by atoms with Gasteiger partial charge in [-0.05, 0) is 49.4 Å². The van der Waals surface area contributed by atoms with Gasteiger partial charge in [0.25, 0.3) is 0 Å². The number of allylic oxidation sites excluding steroid dienone is 2. The van der Waals surface area contributed by atoms with Crippen molar-refractivity contribution in [1.82, 2.24) is 0 Å². The second kappa shape index (κ2) is 2.75. The normalized spacial score (nSPS) is 59.7. The summed E-state index contributed by atoms with van der Waals surface area (Å²) in [5.74, 6) is 0.661. The highest BCUT2D eigenvalue weighted by atomic mass is 16.3. The molecule has 90 valence electrons. The van der Waals surface area contributed by atoms with Gasteiger partial charge in [-0.15, -0.1) is 0 Å². The summed E-state index contributed by atoms with van der Waals surface area (Å²) in [5.41, 5.74) is 2.19. The van der Waals surface area contributed by atoms with Crippen LogP contribution >= 0.6 is 0 Å². The van der Waals surface area contributed by atoms with Gasteiger partial charge >= 0.3 is 0 Å². The van der Waals surface area contributed by atoms with Crippen molar-refractivity contribution in [1.29, 1.82) is 0 Å². The van der Waals surface area contributed by atoms with Crippen molar-refractivity contribution in [3.8, 4) is 0 Å². The lowest BCUT2D eigenvalue weighted by Crippen LogP contribution is -2.50. The van der Waals surface area contributed by atoms with Crippen LogP contribution in [-0.4, -0.2) is 11.2 Å². The van der Waals surface area contributed by atoms with Gasteiger partial charge in [0.15, 0.2) is 0 Å². The van der Waals surface area contributed by atoms with Gasteiger partial charge in [0.05, 0.1) is 6.10 Å². The van der Waals surface area contributed by atoms with E-state index in [9.17, 15) is 5.11 Å². The third kappa shape index (κ3) is 0.796. The molecular formula is C15H24O. The van der Waals surface area contributed by atoms with Crippen LogP contribution in [0, 0.1) is 22.2 Å². The molecule has 2 fully saturated rings. The Morgan fingerprint density at radius 2 is 1.94 bits per heavy atom. The first-order valence-electron chi connectivity index (χ1n) is 6.76. The molecule has 3 aliphatic carbocycles. The van der Waals surface area contributed by atoms with Crippen LogP contribution in [0.2, 0.25) is 0 Å². The molecule has 0 amide bonds. The zero-order valence-corrected chi connectivity index (χ0v) is 11.0. The second-order valence-corrected chi connectivity index (χ2v) is 6.94. The average molecular weight is 220 g/mol. The van der Waals surface area contributed by atoms with Gasteiger partial charge in [0.1, 0.15) is 0 Å². The molecule has 0 aromatic heterocycles. The quantitative estimate of drug-likeness (QED) is 0.619. The zero-order valence-electron chi connectivity index (χ0n) is 11.0. The van der Waals surface area contributed by atoms with E-state index in [2.05, 4.69) is 33.8 Å². The zero-order chi connectivity index (χ0) is 11.8. The molecule has 5 atom stereocenters. The Balaban J connectivity index is 2.25. The van der Waals surface area contributed by atoms with Crippen molar-refractivity contribution in [3.63, 3.8) is 0 Å². The van der Waals surface area contributed by atoms with Gasteiger partial charge in [-0.2, -0.15) is 0 Å². The van der Waals surface area contributed by atoms with Crippen LogP contribution in [-0.2, 0) is 0 Å². The first-order chi connectivity index (χ1) is 7.38. The van der Waals surface area contributed by atoms with Crippen molar-refractivity contribution < 1.29 is 5.11 Å². The maximum atomic E-state index is 10.6. The number of aliphatic hydroxyl groups excluding tert-OH is 1. The van der Waals surface area contributed by atoms with Crippen molar-refractivity contribution in [3.05, 3.63) is 11.6 Å². The summed E-state index contributed by atoms with van der Waals surface area (Å²) in [6.07, 6.45) is 7.14. The van der Waals surface area contributed by atoms with E-state index in [4.69, 9.17) is 0 Å². The van der Waals surface area contributed by atoms with E-state index in [1.807, 2.05) is 0 Å². The van der Waals surface area contributed by atoms with Crippen LogP contribution in [0.4, 0.5) is 0 Å². The molecule has 0 aliphatic heterocycles. The van der Waals surface area contributed by atoms with Crippen molar-refractivity contribution in [2.24, 2.45) is 22.2 Å². The smallest absolute Gasteiger partial charge is 0.0615 e. The van der Waals surface area contributed by atoms with E-state index >= 15 is 0 Å². The fourth-order valence-corrected chi connectivity index (χ4v) is 5.98. The molecule has 0 saturated heterocycles. The first kappa shape index (κ1) is 10.8. The van der Waals surface area contributed by atoms with Gasteiger partial charge in [-0.3, -0.25) is 0 Å². The van der Waals surface area contributed by atoms with Crippen molar-refractivity contribution >= 4 is 0 Å². The Labute approximate surface area is 98.9 Å². The topological polar surface area (TPSA) is 20.2 Å².